The molecule has 0 amide bonds. The third-order valence-electron chi connectivity index (χ3n) is 3.97. The van der Waals surface area contributed by atoms with Crippen LogP contribution in [0.4, 0.5) is 8.78 Å². The fourth-order valence-corrected chi connectivity index (χ4v) is 2.46. The van der Waals surface area contributed by atoms with Gasteiger partial charge >= 0.3 is 0 Å². The molecule has 2 atom stereocenters. The molecule has 0 spiro atoms. The second-order valence-electron chi connectivity index (χ2n) is 5.20. The summed E-state index contributed by atoms with van der Waals surface area (Å²) in [6, 6.07) is 6.15. The molecule has 1 fully saturated rings. The molecule has 0 aliphatic carbocycles. The van der Waals surface area contributed by atoms with Gasteiger partial charge in [-0.05, 0) is 37.3 Å². The number of hydrogen-bond donors (Lipinski definition) is 1. The van der Waals surface area contributed by atoms with Crippen LogP contribution in [-0.4, -0.2) is 12.6 Å². The molecule has 1 aromatic carbocycles. The fourth-order valence-electron chi connectivity index (χ4n) is 2.46. The highest BCUT2D eigenvalue weighted by Crippen LogP contribution is 2.36. The molecule has 1 saturated heterocycles. The lowest BCUT2D eigenvalue weighted by Gasteiger charge is -2.24. The molecular formula is C15H21F2N. The largest absolute Gasteiger partial charge is 0.308 e. The molecule has 18 heavy (non-hydrogen) atoms. The molecule has 1 aromatic rings. The van der Waals surface area contributed by atoms with Gasteiger partial charge in [-0.15, -0.1) is 0 Å². The van der Waals surface area contributed by atoms with Gasteiger partial charge in [0.15, 0.2) is 0 Å². The van der Waals surface area contributed by atoms with Crippen molar-refractivity contribution in [3.8, 4) is 0 Å². The topological polar surface area (TPSA) is 12.0 Å². The van der Waals surface area contributed by atoms with Crippen molar-refractivity contribution in [2.24, 2.45) is 0 Å². The van der Waals surface area contributed by atoms with E-state index in [2.05, 4.69) is 19.2 Å². The first-order chi connectivity index (χ1) is 8.55. The lowest BCUT2D eigenvalue weighted by atomic mass is 9.94. The van der Waals surface area contributed by atoms with Gasteiger partial charge in [-0.2, -0.15) is 8.78 Å². The maximum atomic E-state index is 14.2. The van der Waals surface area contributed by atoms with Crippen molar-refractivity contribution in [2.45, 2.75) is 51.0 Å². The molecule has 100 valence electrons. The van der Waals surface area contributed by atoms with Gasteiger partial charge in [0.2, 0.25) is 0 Å². The lowest BCUT2D eigenvalue weighted by molar-refractivity contribution is -0.0376. The van der Waals surface area contributed by atoms with Crippen molar-refractivity contribution < 1.29 is 8.78 Å². The molecule has 2 unspecified atom stereocenters. The zero-order chi connectivity index (χ0) is 13.2. The highest BCUT2D eigenvalue weighted by atomic mass is 19.3. The van der Waals surface area contributed by atoms with Crippen LogP contribution in [0.3, 0.4) is 0 Å². The molecule has 1 heterocycles. The minimum atomic E-state index is -2.76. The van der Waals surface area contributed by atoms with Crippen molar-refractivity contribution in [3.05, 3.63) is 35.4 Å². The Kier molecular flexibility index (Phi) is 4.00. The smallest absolute Gasteiger partial charge is 0.288 e. The van der Waals surface area contributed by atoms with Crippen LogP contribution in [0, 0.1) is 0 Å². The van der Waals surface area contributed by atoms with Gasteiger partial charge in [-0.25, -0.2) is 0 Å². The SMILES string of the molecule is CCC(C)c1ccc(C(F)(F)C2CCCN2)cc1. The van der Waals surface area contributed by atoms with E-state index in [1.165, 1.54) is 0 Å². The Morgan fingerprint density at radius 2 is 2.00 bits per heavy atom. The summed E-state index contributed by atoms with van der Waals surface area (Å²) in [4.78, 5) is 0. The van der Waals surface area contributed by atoms with Crippen LogP contribution >= 0.6 is 0 Å². The molecule has 1 aliphatic heterocycles. The number of halogens is 2. The number of rotatable bonds is 4. The summed E-state index contributed by atoms with van der Waals surface area (Å²) >= 11 is 0. The van der Waals surface area contributed by atoms with Gasteiger partial charge in [0.05, 0.1) is 6.04 Å². The Balaban J connectivity index is 2.17. The first-order valence-corrected chi connectivity index (χ1v) is 6.77. The molecule has 1 nitrogen and oxygen atoms in total. The Labute approximate surface area is 108 Å². The first-order valence-electron chi connectivity index (χ1n) is 6.77. The minimum Gasteiger partial charge on any atom is -0.308 e. The lowest BCUT2D eigenvalue weighted by Crippen LogP contribution is -2.38. The van der Waals surface area contributed by atoms with Crippen LogP contribution in [0.25, 0.3) is 0 Å². The summed E-state index contributed by atoms with van der Waals surface area (Å²) in [5.41, 5.74) is 1.27. The van der Waals surface area contributed by atoms with Crippen molar-refractivity contribution in [3.63, 3.8) is 0 Å². The van der Waals surface area contributed by atoms with Gasteiger partial charge < -0.3 is 5.32 Å². The Morgan fingerprint density at radius 1 is 1.33 bits per heavy atom. The van der Waals surface area contributed by atoms with E-state index in [4.69, 9.17) is 0 Å². The summed E-state index contributed by atoms with van der Waals surface area (Å²) < 4.78 is 28.4. The second kappa shape index (κ2) is 5.35. The van der Waals surface area contributed by atoms with E-state index in [0.717, 1.165) is 18.4 Å². The predicted octanol–water partition coefficient (Wildman–Crippen LogP) is 4.04. The van der Waals surface area contributed by atoms with Crippen LogP contribution in [0.2, 0.25) is 0 Å². The van der Waals surface area contributed by atoms with Crippen LogP contribution in [0.5, 0.6) is 0 Å². The van der Waals surface area contributed by atoms with E-state index in [0.29, 0.717) is 18.9 Å². The highest BCUT2D eigenvalue weighted by molar-refractivity contribution is 5.29. The summed E-state index contributed by atoms with van der Waals surface area (Å²) in [6.07, 6.45) is 2.42. The van der Waals surface area contributed by atoms with Gasteiger partial charge in [-0.3, -0.25) is 0 Å². The zero-order valence-electron chi connectivity index (χ0n) is 11.0. The maximum absolute atomic E-state index is 14.2. The number of nitrogens with one attached hydrogen (secondary N) is 1. The number of hydrogen-bond acceptors (Lipinski definition) is 1. The number of alkyl halides is 2. The van der Waals surface area contributed by atoms with E-state index < -0.39 is 12.0 Å². The molecular weight excluding hydrogens is 232 g/mol. The molecule has 2 rings (SSSR count). The van der Waals surface area contributed by atoms with Crippen molar-refractivity contribution in [1.29, 1.82) is 0 Å². The van der Waals surface area contributed by atoms with E-state index in [1.807, 2.05) is 12.1 Å². The summed E-state index contributed by atoms with van der Waals surface area (Å²) in [5, 5.41) is 2.89. The van der Waals surface area contributed by atoms with Crippen LogP contribution in [0.1, 0.15) is 50.2 Å². The molecule has 1 aliphatic rings. The summed E-state index contributed by atoms with van der Waals surface area (Å²) in [5.74, 6) is -2.33. The Hall–Kier alpha value is -0.960. The highest BCUT2D eigenvalue weighted by Gasteiger charge is 2.42. The van der Waals surface area contributed by atoms with Crippen LogP contribution in [-0.2, 0) is 5.92 Å². The van der Waals surface area contributed by atoms with Crippen LogP contribution in [0.15, 0.2) is 24.3 Å². The standard InChI is InChI=1S/C15H21F2N/c1-3-11(2)12-6-8-13(9-7-12)15(16,17)14-5-4-10-18-14/h6-9,11,14,18H,3-5,10H2,1-2H3. The van der Waals surface area contributed by atoms with Gasteiger partial charge in [-0.1, -0.05) is 38.1 Å². The van der Waals surface area contributed by atoms with E-state index in [9.17, 15) is 8.78 Å². The average Bonchev–Trinajstić information content (AvgIpc) is 2.92. The Morgan fingerprint density at radius 3 is 2.50 bits per heavy atom. The molecule has 0 bridgehead atoms. The zero-order valence-corrected chi connectivity index (χ0v) is 11.0. The van der Waals surface area contributed by atoms with Crippen molar-refractivity contribution in [2.75, 3.05) is 6.54 Å². The maximum Gasteiger partial charge on any atom is 0.288 e. The van der Waals surface area contributed by atoms with Crippen molar-refractivity contribution in [1.82, 2.24) is 5.32 Å². The second-order valence-corrected chi connectivity index (χ2v) is 5.20. The van der Waals surface area contributed by atoms with Gasteiger partial charge in [0, 0.05) is 5.56 Å². The van der Waals surface area contributed by atoms with E-state index in [-0.39, 0.29) is 5.56 Å². The normalized spacial score (nSPS) is 22.1. The average molecular weight is 253 g/mol. The number of benzene rings is 1. The molecule has 0 aromatic heterocycles. The molecule has 0 saturated carbocycles. The summed E-state index contributed by atoms with van der Waals surface area (Å²) in [7, 11) is 0. The quantitative estimate of drug-likeness (QED) is 0.853. The fraction of sp³-hybridized carbons (Fsp3) is 0.600. The molecule has 3 heteroatoms. The van der Waals surface area contributed by atoms with Crippen LogP contribution < -0.4 is 5.32 Å². The molecule has 1 N–H and O–H groups in total. The predicted molar refractivity (Wildman–Crippen MR) is 70.1 cm³/mol. The third-order valence-corrected chi connectivity index (χ3v) is 3.97. The molecule has 0 radical (unpaired) electrons. The minimum absolute atomic E-state index is 0.133. The first kappa shape index (κ1) is 13.5. The third kappa shape index (κ3) is 2.56. The van der Waals surface area contributed by atoms with Gasteiger partial charge in [0.25, 0.3) is 5.92 Å². The monoisotopic (exact) mass is 253 g/mol. The summed E-state index contributed by atoms with van der Waals surface area (Å²) in [6.45, 7) is 4.92. The van der Waals surface area contributed by atoms with E-state index >= 15 is 0 Å². The Bertz CT molecular complexity index is 380. The van der Waals surface area contributed by atoms with Gasteiger partial charge in [0.1, 0.15) is 0 Å². The van der Waals surface area contributed by atoms with E-state index in [1.54, 1.807) is 12.1 Å². The van der Waals surface area contributed by atoms with Crippen molar-refractivity contribution >= 4 is 0 Å².